The second-order valence-corrected chi connectivity index (χ2v) is 5.57. The van der Waals surface area contributed by atoms with Crippen molar-refractivity contribution < 1.29 is 9.72 Å². The van der Waals surface area contributed by atoms with Crippen LogP contribution in [0.2, 0.25) is 0 Å². The molecule has 8 heteroatoms. The minimum atomic E-state index is -0.614. The highest BCUT2D eigenvalue weighted by Crippen LogP contribution is 2.34. The Morgan fingerprint density at radius 1 is 1.29 bits per heavy atom. The Morgan fingerprint density at radius 3 is 2.43 bits per heavy atom. The summed E-state index contributed by atoms with van der Waals surface area (Å²) in [6.45, 7) is 2.60. The first kappa shape index (κ1) is 13.7. The van der Waals surface area contributed by atoms with Gasteiger partial charge in [-0.15, -0.1) is 0 Å². The molecular weight excluding hydrogens is 274 g/mol. The number of carbonyl (C=O) groups excluding carboxylic acids is 1. The van der Waals surface area contributed by atoms with E-state index < -0.39 is 10.5 Å². The average Bonchev–Trinajstić information content (AvgIpc) is 3.26. The molecule has 1 aliphatic carbocycles. The van der Waals surface area contributed by atoms with Crippen LogP contribution < -0.4 is 10.6 Å². The van der Waals surface area contributed by atoms with Crippen molar-refractivity contribution in [1.29, 1.82) is 0 Å². The van der Waals surface area contributed by atoms with Crippen molar-refractivity contribution in [2.45, 2.75) is 18.4 Å². The number of carbonyl (C=O) groups is 1. The second kappa shape index (κ2) is 4.96. The van der Waals surface area contributed by atoms with Gasteiger partial charge in [-0.05, 0) is 28.8 Å². The number of rotatable bonds is 3. The third kappa shape index (κ3) is 2.66. The van der Waals surface area contributed by atoms with Crippen LogP contribution in [-0.2, 0) is 4.79 Å². The molecule has 3 rings (SSSR count). The molecule has 0 spiro atoms. The number of amides is 1. The van der Waals surface area contributed by atoms with Crippen molar-refractivity contribution in [2.24, 2.45) is 5.73 Å². The van der Waals surface area contributed by atoms with Gasteiger partial charge in [0, 0.05) is 32.2 Å². The number of nitrogens with zero attached hydrogens (tertiary/aromatic N) is 4. The number of piperazine rings is 1. The fourth-order valence-electron chi connectivity index (χ4n) is 2.50. The summed E-state index contributed by atoms with van der Waals surface area (Å²) < 4.78 is 0. The predicted octanol–water partition coefficient (Wildman–Crippen LogP) is 0.130. The third-order valence-electron chi connectivity index (χ3n) is 4.07. The Hall–Kier alpha value is -2.22. The maximum atomic E-state index is 12.1. The molecule has 2 N–H and O–H groups in total. The molecule has 2 fully saturated rings. The van der Waals surface area contributed by atoms with E-state index in [0.29, 0.717) is 26.2 Å². The Morgan fingerprint density at radius 2 is 1.95 bits per heavy atom. The van der Waals surface area contributed by atoms with Gasteiger partial charge in [0.15, 0.2) is 6.20 Å². The SMILES string of the molecule is NC1(C(=O)N2CCN(c3ccc([N+](=O)[O-])nc3)CC2)CC1. The molecule has 1 aromatic heterocycles. The van der Waals surface area contributed by atoms with E-state index in [1.165, 1.54) is 12.3 Å². The highest BCUT2D eigenvalue weighted by molar-refractivity contribution is 5.89. The summed E-state index contributed by atoms with van der Waals surface area (Å²) in [5.41, 5.74) is 6.15. The number of hydrogen-bond acceptors (Lipinski definition) is 6. The molecule has 0 aromatic carbocycles. The number of aromatic nitrogens is 1. The predicted molar refractivity (Wildman–Crippen MR) is 75.8 cm³/mol. The summed E-state index contributed by atoms with van der Waals surface area (Å²) in [6, 6.07) is 3.08. The summed E-state index contributed by atoms with van der Waals surface area (Å²) in [5, 5.41) is 10.6. The number of hydrogen-bond donors (Lipinski definition) is 1. The summed E-state index contributed by atoms with van der Waals surface area (Å²) in [7, 11) is 0. The van der Waals surface area contributed by atoms with Gasteiger partial charge in [0.25, 0.3) is 0 Å². The molecule has 1 aliphatic heterocycles. The fraction of sp³-hybridized carbons (Fsp3) is 0.538. The van der Waals surface area contributed by atoms with Crippen molar-refractivity contribution in [1.82, 2.24) is 9.88 Å². The lowest BCUT2D eigenvalue weighted by Gasteiger charge is -2.36. The van der Waals surface area contributed by atoms with E-state index in [1.54, 1.807) is 6.07 Å². The third-order valence-corrected chi connectivity index (χ3v) is 4.07. The van der Waals surface area contributed by atoms with Gasteiger partial charge >= 0.3 is 5.82 Å². The lowest BCUT2D eigenvalue weighted by molar-refractivity contribution is -0.389. The van der Waals surface area contributed by atoms with Crippen LogP contribution in [0.1, 0.15) is 12.8 Å². The van der Waals surface area contributed by atoms with Crippen LogP contribution in [0, 0.1) is 10.1 Å². The first-order chi connectivity index (χ1) is 9.99. The molecule has 2 aliphatic rings. The summed E-state index contributed by atoms with van der Waals surface area (Å²) in [4.78, 5) is 29.9. The van der Waals surface area contributed by atoms with Crippen molar-refractivity contribution in [3.63, 3.8) is 0 Å². The molecule has 21 heavy (non-hydrogen) atoms. The minimum Gasteiger partial charge on any atom is -0.365 e. The zero-order chi connectivity index (χ0) is 15.0. The van der Waals surface area contributed by atoms with Crippen LogP contribution in [-0.4, -0.2) is 52.4 Å². The van der Waals surface area contributed by atoms with Gasteiger partial charge in [-0.1, -0.05) is 0 Å². The second-order valence-electron chi connectivity index (χ2n) is 5.57. The molecule has 1 amide bonds. The molecule has 0 unspecified atom stereocenters. The van der Waals surface area contributed by atoms with Crippen molar-refractivity contribution in [3.05, 3.63) is 28.4 Å². The van der Waals surface area contributed by atoms with E-state index in [0.717, 1.165) is 18.5 Å². The van der Waals surface area contributed by atoms with Gasteiger partial charge in [0.1, 0.15) is 0 Å². The van der Waals surface area contributed by atoms with Gasteiger partial charge in [-0.2, -0.15) is 0 Å². The van der Waals surface area contributed by atoms with Crippen LogP contribution in [0.5, 0.6) is 0 Å². The zero-order valence-corrected chi connectivity index (χ0v) is 11.6. The Bertz CT molecular complexity index is 562. The Balaban J connectivity index is 1.60. The minimum absolute atomic E-state index is 0.0453. The Labute approximate surface area is 121 Å². The maximum absolute atomic E-state index is 12.1. The molecule has 112 valence electrons. The lowest BCUT2D eigenvalue weighted by atomic mass is 10.2. The highest BCUT2D eigenvalue weighted by Gasteiger charge is 2.48. The standard InChI is InChI=1S/C13H17N5O3/c14-13(3-4-13)12(19)17-7-5-16(6-8-17)10-1-2-11(15-9-10)18(20)21/h1-2,9H,3-8,14H2. The number of nitro groups is 1. The van der Waals surface area contributed by atoms with Crippen molar-refractivity contribution in [3.8, 4) is 0 Å². The van der Waals surface area contributed by atoms with Crippen molar-refractivity contribution >= 4 is 17.4 Å². The van der Waals surface area contributed by atoms with Crippen LogP contribution in [0.15, 0.2) is 18.3 Å². The largest absolute Gasteiger partial charge is 0.365 e. The Kier molecular flexibility index (Phi) is 3.25. The normalized spacial score (nSPS) is 20.2. The molecule has 1 saturated carbocycles. The molecule has 0 bridgehead atoms. The van der Waals surface area contributed by atoms with E-state index in [-0.39, 0.29) is 11.7 Å². The van der Waals surface area contributed by atoms with Crippen LogP contribution >= 0.6 is 0 Å². The summed E-state index contributed by atoms with van der Waals surface area (Å²) in [5.74, 6) is -0.115. The van der Waals surface area contributed by atoms with Crippen molar-refractivity contribution in [2.75, 3.05) is 31.1 Å². The lowest BCUT2D eigenvalue weighted by Crippen LogP contribution is -2.54. The molecule has 0 radical (unpaired) electrons. The van der Waals surface area contributed by atoms with Crippen LogP contribution in [0.3, 0.4) is 0 Å². The van der Waals surface area contributed by atoms with E-state index in [2.05, 4.69) is 9.88 Å². The van der Waals surface area contributed by atoms with Gasteiger partial charge in [-0.25, -0.2) is 0 Å². The summed E-state index contributed by atoms with van der Waals surface area (Å²) in [6.07, 6.45) is 3.05. The number of pyridine rings is 1. The monoisotopic (exact) mass is 291 g/mol. The molecule has 0 atom stereocenters. The molecule has 2 heterocycles. The van der Waals surface area contributed by atoms with E-state index in [9.17, 15) is 14.9 Å². The fourth-order valence-corrected chi connectivity index (χ4v) is 2.50. The van der Waals surface area contributed by atoms with E-state index in [4.69, 9.17) is 5.73 Å². The first-order valence-electron chi connectivity index (χ1n) is 6.93. The van der Waals surface area contributed by atoms with Crippen LogP contribution in [0.25, 0.3) is 0 Å². The molecule has 1 saturated heterocycles. The van der Waals surface area contributed by atoms with Crippen LogP contribution in [0.4, 0.5) is 11.5 Å². The zero-order valence-electron chi connectivity index (χ0n) is 11.6. The first-order valence-corrected chi connectivity index (χ1v) is 6.93. The number of nitrogens with two attached hydrogens (primary N) is 1. The molecular formula is C13H17N5O3. The summed E-state index contributed by atoms with van der Waals surface area (Å²) >= 11 is 0. The van der Waals surface area contributed by atoms with E-state index >= 15 is 0 Å². The molecule has 1 aromatic rings. The van der Waals surface area contributed by atoms with Gasteiger partial charge < -0.3 is 25.6 Å². The van der Waals surface area contributed by atoms with Gasteiger partial charge in [0.05, 0.1) is 11.2 Å². The molecule has 8 nitrogen and oxygen atoms in total. The maximum Gasteiger partial charge on any atom is 0.363 e. The number of anilines is 1. The van der Waals surface area contributed by atoms with Gasteiger partial charge in [-0.3, -0.25) is 4.79 Å². The highest BCUT2D eigenvalue weighted by atomic mass is 16.6. The average molecular weight is 291 g/mol. The quantitative estimate of drug-likeness (QED) is 0.627. The van der Waals surface area contributed by atoms with E-state index in [1.807, 2.05) is 4.90 Å². The topological polar surface area (TPSA) is 106 Å². The smallest absolute Gasteiger partial charge is 0.363 e. The van der Waals surface area contributed by atoms with Gasteiger partial charge in [0.2, 0.25) is 5.91 Å².